The fraction of sp³-hybridized carbons (Fsp3) is 0.974. The van der Waals surface area contributed by atoms with Gasteiger partial charge in [-0.1, -0.05) is 27.7 Å². The van der Waals surface area contributed by atoms with E-state index in [-0.39, 0.29) is 41.8 Å². The Morgan fingerprint density at radius 3 is 2.29 bits per heavy atom. The van der Waals surface area contributed by atoms with Crippen LogP contribution in [0, 0.1) is 52.3 Å². The van der Waals surface area contributed by atoms with Crippen molar-refractivity contribution in [3.8, 4) is 0 Å². The van der Waals surface area contributed by atoms with E-state index in [1.54, 1.807) is 0 Å². The van der Waals surface area contributed by atoms with Crippen molar-refractivity contribution in [1.82, 2.24) is 0 Å². The lowest BCUT2D eigenvalue weighted by Gasteiger charge is -2.60. The highest BCUT2D eigenvalue weighted by atomic mass is 16.7. The highest BCUT2D eigenvalue weighted by Gasteiger charge is 2.70. The number of aliphatic hydroxyl groups excluding tert-OH is 6. The summed E-state index contributed by atoms with van der Waals surface area (Å²) >= 11 is 0. The van der Waals surface area contributed by atoms with Crippen LogP contribution in [0.4, 0.5) is 0 Å². The van der Waals surface area contributed by atoms with Crippen molar-refractivity contribution in [2.75, 3.05) is 19.8 Å². The minimum atomic E-state index is -1.59. The average Bonchev–Trinajstić information content (AvgIpc) is 3.55. The third-order valence-corrected chi connectivity index (χ3v) is 15.6. The van der Waals surface area contributed by atoms with Crippen LogP contribution >= 0.6 is 0 Å². The van der Waals surface area contributed by atoms with Gasteiger partial charge in [0.05, 0.1) is 32.0 Å². The lowest BCUT2D eigenvalue weighted by atomic mass is 9.44. The number of hydrogen-bond acceptors (Lipinski definition) is 13. The molecule has 1 spiro atoms. The fourth-order valence-corrected chi connectivity index (χ4v) is 12.6. The van der Waals surface area contributed by atoms with Gasteiger partial charge in [0.2, 0.25) is 0 Å². The molecule has 0 bridgehead atoms. The van der Waals surface area contributed by atoms with E-state index in [0.29, 0.717) is 54.8 Å². The van der Waals surface area contributed by atoms with E-state index in [9.17, 15) is 35.4 Å². The molecule has 0 radical (unpaired) electrons. The summed E-state index contributed by atoms with van der Waals surface area (Å²) in [5, 5.41) is 62.1. The summed E-state index contributed by atoms with van der Waals surface area (Å²) in [6.07, 6.45) is -4.98. The van der Waals surface area contributed by atoms with Gasteiger partial charge in [-0.25, -0.2) is 0 Å². The van der Waals surface area contributed by atoms with Crippen LogP contribution in [0.25, 0.3) is 0 Å². The maximum absolute atomic E-state index is 14.2. The van der Waals surface area contributed by atoms with Crippen molar-refractivity contribution < 1.29 is 63.9 Å². The first kappa shape index (κ1) is 37.1. The van der Waals surface area contributed by atoms with Crippen molar-refractivity contribution in [2.45, 2.75) is 159 Å². The van der Waals surface area contributed by atoms with Gasteiger partial charge in [-0.15, -0.1) is 0 Å². The average molecular weight is 725 g/mol. The molecular formula is C38H60O13. The normalized spacial score (nSPS) is 58.5. The van der Waals surface area contributed by atoms with Gasteiger partial charge in [0.15, 0.2) is 18.4 Å². The van der Waals surface area contributed by atoms with Crippen LogP contribution in [0.3, 0.4) is 0 Å². The van der Waals surface area contributed by atoms with Crippen molar-refractivity contribution in [3.63, 3.8) is 0 Å². The molecule has 13 nitrogen and oxygen atoms in total. The Bertz CT molecular complexity index is 1290. The van der Waals surface area contributed by atoms with E-state index in [0.717, 1.165) is 45.1 Å². The largest absolute Gasteiger partial charge is 0.388 e. The molecule has 0 aromatic rings. The molecule has 4 aliphatic carbocycles. The number of carbonyl (C=O) groups excluding carboxylic acids is 1. The summed E-state index contributed by atoms with van der Waals surface area (Å²) < 4.78 is 36.4. The Hall–Kier alpha value is -0.810. The molecule has 21 atom stereocenters. The predicted molar refractivity (Wildman–Crippen MR) is 177 cm³/mol. The Balaban J connectivity index is 0.910. The minimum Gasteiger partial charge on any atom is -0.388 e. The summed E-state index contributed by atoms with van der Waals surface area (Å²) in [5.41, 5.74) is -0.0420. The first-order valence-corrected chi connectivity index (χ1v) is 19.6. The van der Waals surface area contributed by atoms with Crippen molar-refractivity contribution in [1.29, 1.82) is 0 Å². The van der Waals surface area contributed by atoms with Gasteiger partial charge in [-0.2, -0.15) is 0 Å². The molecular weight excluding hydrogens is 664 g/mol. The Morgan fingerprint density at radius 1 is 0.804 bits per heavy atom. The lowest BCUT2D eigenvalue weighted by Crippen LogP contribution is -2.61. The van der Waals surface area contributed by atoms with Crippen LogP contribution in [0.15, 0.2) is 0 Å². The molecule has 4 saturated heterocycles. The van der Waals surface area contributed by atoms with Crippen LogP contribution < -0.4 is 0 Å². The molecule has 13 heteroatoms. The van der Waals surface area contributed by atoms with Crippen molar-refractivity contribution >= 4 is 5.78 Å². The number of rotatable bonds is 5. The second-order valence-electron chi connectivity index (χ2n) is 18.3. The Morgan fingerprint density at radius 2 is 1.55 bits per heavy atom. The maximum atomic E-state index is 14.2. The van der Waals surface area contributed by atoms with E-state index in [1.165, 1.54) is 0 Å². The SMILES string of the molecule is C[C@@H]1CC[C@@]2(OC1)O[C@H]1C[C@H]3[C@@H]4CC(=O)C5CC(O[C@@H]6O[C@H](CO[C@@H]7OC[C@H](O)[C@H](O)[C@H]7O)[C@@H](O)[C@H](O)[C@H]6O)CC[C@]5(C)[C@H]4CC[C@]3(C)[C@H]1[C@@H]2C. The maximum Gasteiger partial charge on any atom is 0.186 e. The topological polar surface area (TPSA) is 194 Å². The van der Waals surface area contributed by atoms with E-state index in [2.05, 4.69) is 27.7 Å². The molecule has 4 aliphatic heterocycles. The zero-order valence-corrected chi connectivity index (χ0v) is 30.4. The third kappa shape index (κ3) is 5.91. The van der Waals surface area contributed by atoms with Gasteiger partial charge in [0.1, 0.15) is 48.5 Å². The van der Waals surface area contributed by atoms with Gasteiger partial charge < -0.3 is 59.1 Å². The zero-order valence-electron chi connectivity index (χ0n) is 30.4. The highest BCUT2D eigenvalue weighted by molar-refractivity contribution is 5.83. The standard InChI is InChI=1S/C38H60O13/c1-17-5-10-38(48-14-17)18(2)28-26(51-38)13-22-20-12-24(39)23-11-19(6-8-36(23,3)21(20)7-9-37(22,28)4)49-35-33(45)31(43)30(42)27(50-35)16-47-34-32(44)29(41)25(40)15-46-34/h17-23,25-35,40-45H,5-16H2,1-4H3/t17-,18+,19?,20-,21+,22+,23?,25+,26+,27-,28+,29+,30-,31+,32-,33-,34+,35-,36-,37+,38-/m1/s1. The van der Waals surface area contributed by atoms with Crippen LogP contribution in [-0.2, 0) is 33.2 Å². The Kier molecular flexibility index (Phi) is 9.79. The molecule has 4 saturated carbocycles. The molecule has 6 N–H and O–H groups in total. The van der Waals surface area contributed by atoms with Crippen molar-refractivity contribution in [2.24, 2.45) is 52.3 Å². The second kappa shape index (κ2) is 13.4. The molecule has 8 fully saturated rings. The van der Waals surface area contributed by atoms with Crippen LogP contribution in [0.5, 0.6) is 0 Å². The highest BCUT2D eigenvalue weighted by Crippen LogP contribution is 2.71. The summed E-state index contributed by atoms with van der Waals surface area (Å²) in [4.78, 5) is 14.2. The predicted octanol–water partition coefficient (Wildman–Crippen LogP) is 1.26. The van der Waals surface area contributed by atoms with Gasteiger partial charge in [0, 0.05) is 24.7 Å². The van der Waals surface area contributed by atoms with E-state index >= 15 is 0 Å². The van der Waals surface area contributed by atoms with Gasteiger partial charge in [-0.3, -0.25) is 4.79 Å². The Labute approximate surface area is 300 Å². The summed E-state index contributed by atoms with van der Waals surface area (Å²) in [6, 6.07) is 0. The molecule has 8 aliphatic rings. The molecule has 0 amide bonds. The summed E-state index contributed by atoms with van der Waals surface area (Å²) in [7, 11) is 0. The van der Waals surface area contributed by atoms with Gasteiger partial charge in [0.25, 0.3) is 0 Å². The number of ketones is 1. The number of Topliss-reactive ketones (excluding diaryl/α,β-unsaturated/α-hetero) is 1. The number of carbonyl (C=O) groups is 1. The molecule has 8 rings (SSSR count). The smallest absolute Gasteiger partial charge is 0.186 e. The first-order valence-electron chi connectivity index (χ1n) is 19.6. The fourth-order valence-electron chi connectivity index (χ4n) is 12.6. The molecule has 51 heavy (non-hydrogen) atoms. The van der Waals surface area contributed by atoms with E-state index in [1.807, 2.05) is 0 Å². The first-order chi connectivity index (χ1) is 24.2. The zero-order chi connectivity index (χ0) is 36.2. The lowest BCUT2D eigenvalue weighted by molar-refractivity contribution is -0.330. The van der Waals surface area contributed by atoms with Gasteiger partial charge >= 0.3 is 0 Å². The number of fused-ring (bicyclic) bond motifs is 7. The van der Waals surface area contributed by atoms with Crippen molar-refractivity contribution in [3.05, 3.63) is 0 Å². The van der Waals surface area contributed by atoms with Gasteiger partial charge in [-0.05, 0) is 85.4 Å². The van der Waals surface area contributed by atoms with Crippen LogP contribution in [0.2, 0.25) is 0 Å². The molecule has 290 valence electrons. The van der Waals surface area contributed by atoms with E-state index < -0.39 is 67.2 Å². The molecule has 0 aromatic heterocycles. The van der Waals surface area contributed by atoms with E-state index in [4.69, 9.17) is 28.4 Å². The number of hydrogen-bond donors (Lipinski definition) is 6. The van der Waals surface area contributed by atoms with Crippen LogP contribution in [-0.4, -0.2) is 130 Å². The van der Waals surface area contributed by atoms with Crippen LogP contribution in [0.1, 0.15) is 85.5 Å². The second-order valence-corrected chi connectivity index (χ2v) is 18.3. The third-order valence-electron chi connectivity index (χ3n) is 15.6. The number of ether oxygens (including phenoxy) is 6. The molecule has 0 aromatic carbocycles. The number of aliphatic hydroxyl groups is 6. The minimum absolute atomic E-state index is 0.118. The molecule has 4 heterocycles. The summed E-state index contributed by atoms with van der Waals surface area (Å²) in [5.74, 6) is 2.18. The summed E-state index contributed by atoms with van der Waals surface area (Å²) in [6.45, 7) is 9.54. The quantitative estimate of drug-likeness (QED) is 0.222. The monoisotopic (exact) mass is 724 g/mol. The molecule has 2 unspecified atom stereocenters.